The summed E-state index contributed by atoms with van der Waals surface area (Å²) in [7, 11) is 1.00. The summed E-state index contributed by atoms with van der Waals surface area (Å²) in [5.41, 5.74) is 4.35. The van der Waals surface area contributed by atoms with Crippen molar-refractivity contribution in [2.75, 3.05) is 27.0 Å². The van der Waals surface area contributed by atoms with Gasteiger partial charge in [0, 0.05) is 11.3 Å². The summed E-state index contributed by atoms with van der Waals surface area (Å²) < 4.78 is 36.1. The fourth-order valence-electron chi connectivity index (χ4n) is 3.03. The van der Waals surface area contributed by atoms with E-state index in [1.165, 1.54) is 5.56 Å². The Bertz CT molecular complexity index is 965. The first kappa shape index (κ1) is 24.8. The van der Waals surface area contributed by atoms with E-state index in [-0.39, 0.29) is 6.04 Å². The molecule has 0 bridgehead atoms. The molecule has 0 spiro atoms. The molecule has 3 aromatic rings. The molecule has 1 aliphatic rings. The fourth-order valence-corrected chi connectivity index (χ4v) is 4.43. The van der Waals surface area contributed by atoms with E-state index >= 15 is 0 Å². The Morgan fingerprint density at radius 3 is 2.06 bits per heavy atom. The third kappa shape index (κ3) is 6.52. The smallest absolute Gasteiger partial charge is 0.228 e. The Kier molecular flexibility index (Phi) is 10.5. The molecule has 3 aromatic carbocycles. The minimum atomic E-state index is -0.815. The van der Waals surface area contributed by atoms with Crippen molar-refractivity contribution >= 4 is 28.4 Å². The van der Waals surface area contributed by atoms with Gasteiger partial charge < -0.3 is 4.74 Å². The predicted molar refractivity (Wildman–Crippen MR) is 126 cm³/mol. The largest absolute Gasteiger partial charge is 0.463 e. The second-order valence-electron chi connectivity index (χ2n) is 6.14. The van der Waals surface area contributed by atoms with Gasteiger partial charge >= 0.3 is 0 Å². The van der Waals surface area contributed by atoms with Crippen molar-refractivity contribution in [2.24, 2.45) is 4.99 Å². The monoisotopic (exact) mass is 465 g/mol. The van der Waals surface area contributed by atoms with Crippen LogP contribution in [0.1, 0.15) is 17.2 Å². The molecule has 0 saturated carbocycles. The summed E-state index contributed by atoms with van der Waals surface area (Å²) in [5.74, 6) is 1.44. The van der Waals surface area contributed by atoms with Crippen molar-refractivity contribution in [3.63, 3.8) is 0 Å². The van der Waals surface area contributed by atoms with Gasteiger partial charge in [0.15, 0.2) is 0 Å². The molecular formula is C24H23ClF3NOS. The Morgan fingerprint density at radius 2 is 1.48 bits per heavy atom. The molecule has 4 rings (SSSR count). The maximum absolute atomic E-state index is 12.2. The first-order valence-electron chi connectivity index (χ1n) is 9.35. The van der Waals surface area contributed by atoms with Gasteiger partial charge in [-0.25, -0.2) is 4.39 Å². The highest BCUT2D eigenvalue weighted by Crippen LogP contribution is 2.35. The molecule has 0 saturated heterocycles. The molecule has 2 nitrogen and oxygen atoms in total. The average molecular weight is 466 g/mol. The number of thioether (sulfide) groups is 1. The van der Waals surface area contributed by atoms with E-state index in [0.717, 1.165) is 32.5 Å². The number of hydrogen-bond donors (Lipinski definition) is 0. The van der Waals surface area contributed by atoms with Gasteiger partial charge in [0.25, 0.3) is 0 Å². The van der Waals surface area contributed by atoms with Crippen molar-refractivity contribution in [2.45, 2.75) is 6.04 Å². The number of halogens is 4. The van der Waals surface area contributed by atoms with E-state index in [1.54, 1.807) is 23.9 Å². The molecule has 164 valence electrons. The molecule has 0 radical (unpaired) electrons. The second kappa shape index (κ2) is 13.1. The third-order valence-electron chi connectivity index (χ3n) is 4.46. The number of nitrogens with zero attached hydrogens (tertiary/aromatic N) is 1. The lowest BCUT2D eigenvalue weighted by Gasteiger charge is -2.08. The Balaban J connectivity index is 0.000000807. The molecule has 31 heavy (non-hydrogen) atoms. The number of benzene rings is 3. The molecule has 1 heterocycles. The van der Waals surface area contributed by atoms with Crippen LogP contribution in [0.15, 0.2) is 77.8 Å². The standard InChI is InChI=1S/C22H17ClFNOS.2CH3F/c23-20-4-2-1-3-19(20)22-25-21(13-27-22)17-7-5-15(6-8-17)16-9-11-18(12-10-16)26-14-24;2*1-2/h1-12,21H,13-14H2;2*1H3. The van der Waals surface area contributed by atoms with E-state index in [0.29, 0.717) is 20.1 Å². The molecule has 0 aromatic heterocycles. The highest BCUT2D eigenvalue weighted by molar-refractivity contribution is 8.14. The van der Waals surface area contributed by atoms with Crippen molar-refractivity contribution in [1.82, 2.24) is 0 Å². The Hall–Kier alpha value is -2.44. The summed E-state index contributed by atoms with van der Waals surface area (Å²) in [4.78, 5) is 4.87. The van der Waals surface area contributed by atoms with Crippen LogP contribution in [0.25, 0.3) is 11.1 Å². The number of hydrogen-bond acceptors (Lipinski definition) is 3. The molecule has 1 aliphatic heterocycles. The zero-order valence-corrected chi connectivity index (χ0v) is 18.8. The highest BCUT2D eigenvalue weighted by Gasteiger charge is 2.22. The summed E-state index contributed by atoms with van der Waals surface area (Å²) >= 11 is 8.03. The van der Waals surface area contributed by atoms with Gasteiger partial charge in [-0.2, -0.15) is 0 Å². The van der Waals surface area contributed by atoms with Crippen molar-refractivity contribution < 1.29 is 17.9 Å². The molecule has 1 unspecified atom stereocenters. The minimum absolute atomic E-state index is 0.135. The first-order valence-corrected chi connectivity index (χ1v) is 10.7. The Labute approximate surface area is 190 Å². The third-order valence-corrected chi connectivity index (χ3v) is 5.87. The number of rotatable bonds is 5. The van der Waals surface area contributed by atoms with Crippen LogP contribution in [0.5, 0.6) is 5.75 Å². The lowest BCUT2D eigenvalue weighted by atomic mass is 10.0. The topological polar surface area (TPSA) is 21.6 Å². The van der Waals surface area contributed by atoms with Gasteiger partial charge in [-0.3, -0.25) is 13.8 Å². The molecule has 0 N–H and O–H groups in total. The zero-order chi connectivity index (χ0) is 22.6. The number of aliphatic imine (C=N–C) groups is 1. The SMILES string of the molecule is CF.CF.FCOc1ccc(-c2ccc(C3CSC(c4ccccc4Cl)=N3)cc2)cc1. The van der Waals surface area contributed by atoms with Crippen LogP contribution in [-0.4, -0.2) is 32.0 Å². The molecule has 0 fully saturated rings. The summed E-state index contributed by atoms with van der Waals surface area (Å²) in [6.07, 6.45) is 0. The van der Waals surface area contributed by atoms with E-state index in [9.17, 15) is 13.2 Å². The van der Waals surface area contributed by atoms with E-state index in [1.807, 2.05) is 36.4 Å². The summed E-state index contributed by atoms with van der Waals surface area (Å²) in [5, 5.41) is 1.73. The van der Waals surface area contributed by atoms with Crippen LogP contribution in [0.4, 0.5) is 13.2 Å². The molecular weight excluding hydrogens is 443 g/mol. The molecule has 7 heteroatoms. The van der Waals surface area contributed by atoms with Crippen LogP contribution >= 0.6 is 23.4 Å². The summed E-state index contributed by atoms with van der Waals surface area (Å²) in [6.45, 7) is -0.815. The normalized spacial score (nSPS) is 14.5. The first-order chi connectivity index (χ1) is 15.2. The van der Waals surface area contributed by atoms with Crippen LogP contribution in [0.2, 0.25) is 5.02 Å². The van der Waals surface area contributed by atoms with Gasteiger partial charge in [0.1, 0.15) is 10.8 Å². The van der Waals surface area contributed by atoms with Crippen LogP contribution in [0.3, 0.4) is 0 Å². The van der Waals surface area contributed by atoms with Gasteiger partial charge in [0.2, 0.25) is 6.86 Å². The lowest BCUT2D eigenvalue weighted by molar-refractivity contribution is 0.192. The highest BCUT2D eigenvalue weighted by atomic mass is 35.5. The van der Waals surface area contributed by atoms with Gasteiger partial charge in [-0.05, 0) is 34.9 Å². The van der Waals surface area contributed by atoms with Crippen molar-refractivity contribution in [3.05, 3.63) is 88.9 Å². The fraction of sp³-hybridized carbons (Fsp3) is 0.208. The van der Waals surface area contributed by atoms with Crippen LogP contribution in [-0.2, 0) is 0 Å². The van der Waals surface area contributed by atoms with E-state index in [4.69, 9.17) is 21.3 Å². The minimum Gasteiger partial charge on any atom is -0.463 e. The number of ether oxygens (including phenoxy) is 1. The Morgan fingerprint density at radius 1 is 0.903 bits per heavy atom. The maximum Gasteiger partial charge on any atom is 0.228 e. The average Bonchev–Trinajstić information content (AvgIpc) is 3.33. The summed E-state index contributed by atoms with van der Waals surface area (Å²) in [6, 6.07) is 23.8. The quantitative estimate of drug-likeness (QED) is 0.384. The van der Waals surface area contributed by atoms with Gasteiger partial charge in [0.05, 0.1) is 25.4 Å². The maximum atomic E-state index is 12.2. The predicted octanol–water partition coefficient (Wildman–Crippen LogP) is 7.72. The zero-order valence-electron chi connectivity index (χ0n) is 17.2. The van der Waals surface area contributed by atoms with Crippen LogP contribution < -0.4 is 4.74 Å². The second-order valence-corrected chi connectivity index (χ2v) is 7.56. The molecule has 0 aliphatic carbocycles. The van der Waals surface area contributed by atoms with Gasteiger partial charge in [-0.15, -0.1) is 11.8 Å². The number of alkyl halides is 3. The van der Waals surface area contributed by atoms with E-state index in [2.05, 4.69) is 24.3 Å². The van der Waals surface area contributed by atoms with Crippen molar-refractivity contribution in [3.8, 4) is 16.9 Å². The molecule has 0 amide bonds. The van der Waals surface area contributed by atoms with Crippen LogP contribution in [0, 0.1) is 0 Å². The lowest BCUT2D eigenvalue weighted by Crippen LogP contribution is -1.94. The van der Waals surface area contributed by atoms with Gasteiger partial charge in [-0.1, -0.05) is 66.2 Å². The molecule has 1 atom stereocenters. The van der Waals surface area contributed by atoms with Crippen molar-refractivity contribution in [1.29, 1.82) is 0 Å². The van der Waals surface area contributed by atoms with E-state index < -0.39 is 6.86 Å².